The minimum Gasteiger partial charge on any atom is -0.465 e. The van der Waals surface area contributed by atoms with Gasteiger partial charge < -0.3 is 14.8 Å². The Balaban J connectivity index is 1.46. The summed E-state index contributed by atoms with van der Waals surface area (Å²) in [6, 6.07) is 17.7. The summed E-state index contributed by atoms with van der Waals surface area (Å²) in [6.07, 6.45) is 7.66. The van der Waals surface area contributed by atoms with E-state index in [9.17, 15) is 0 Å². The Bertz CT molecular complexity index is 732. The predicted molar refractivity (Wildman–Crippen MR) is 125 cm³/mol. The zero-order valence-electron chi connectivity index (χ0n) is 19.2. The van der Waals surface area contributed by atoms with Crippen LogP contribution in [0.4, 0.5) is 0 Å². The van der Waals surface area contributed by atoms with E-state index >= 15 is 0 Å². The molecule has 30 heavy (non-hydrogen) atoms. The van der Waals surface area contributed by atoms with Gasteiger partial charge in [-0.3, -0.25) is 0 Å². The number of hydrogen-bond acceptors (Lipinski definition) is 3. The summed E-state index contributed by atoms with van der Waals surface area (Å²) < 4.78 is 11.9. The van der Waals surface area contributed by atoms with Crippen molar-refractivity contribution in [2.75, 3.05) is 7.05 Å². The molecule has 1 aliphatic carbocycles. The van der Waals surface area contributed by atoms with Gasteiger partial charge in [-0.05, 0) is 73.9 Å². The lowest BCUT2D eigenvalue weighted by molar-refractivity contribution is -0.0759. The van der Waals surface area contributed by atoms with Gasteiger partial charge in [0.15, 0.2) is 6.29 Å². The standard InChI is InChI=1S/C27H39NO2/c1-20(2)18-27(28-4)25-14-16-26(17-15-25)30-21(3)29-19-22-10-12-24(13-11-22)23-8-6-5-7-9-23/h10-17,20-21,23,27-28H,5-9,18-19H2,1-4H3. The molecule has 1 fully saturated rings. The second-order valence-electron chi connectivity index (χ2n) is 9.11. The van der Waals surface area contributed by atoms with Gasteiger partial charge in [0, 0.05) is 6.04 Å². The van der Waals surface area contributed by atoms with Crippen LogP contribution in [0, 0.1) is 5.92 Å². The minimum atomic E-state index is -0.287. The SMILES string of the molecule is CNC(CC(C)C)c1ccc(OC(C)OCc2ccc(C3CCCCC3)cc2)cc1. The molecule has 0 radical (unpaired) electrons. The Labute approximate surface area is 183 Å². The second-order valence-corrected chi connectivity index (χ2v) is 9.11. The third-order valence-corrected chi connectivity index (χ3v) is 6.18. The zero-order chi connectivity index (χ0) is 21.3. The first kappa shape index (κ1) is 22.8. The van der Waals surface area contributed by atoms with Crippen LogP contribution < -0.4 is 10.1 Å². The van der Waals surface area contributed by atoms with E-state index in [2.05, 4.69) is 55.6 Å². The van der Waals surface area contributed by atoms with Crippen LogP contribution in [-0.4, -0.2) is 13.3 Å². The Morgan fingerprint density at radius 1 is 0.900 bits per heavy atom. The summed E-state index contributed by atoms with van der Waals surface area (Å²) in [5.41, 5.74) is 3.98. The molecule has 0 amide bonds. The summed E-state index contributed by atoms with van der Waals surface area (Å²) in [5, 5.41) is 3.41. The maximum absolute atomic E-state index is 5.96. The van der Waals surface area contributed by atoms with E-state index in [0.717, 1.165) is 18.1 Å². The number of nitrogens with one attached hydrogen (secondary N) is 1. The van der Waals surface area contributed by atoms with Gasteiger partial charge in [0.2, 0.25) is 0 Å². The van der Waals surface area contributed by atoms with E-state index in [1.165, 1.54) is 48.8 Å². The molecule has 3 heteroatoms. The van der Waals surface area contributed by atoms with Crippen LogP contribution in [0.1, 0.15) is 87.9 Å². The zero-order valence-corrected chi connectivity index (χ0v) is 19.2. The van der Waals surface area contributed by atoms with Crippen molar-refractivity contribution in [2.24, 2.45) is 5.92 Å². The smallest absolute Gasteiger partial charge is 0.197 e. The normalized spacial score (nSPS) is 17.1. The van der Waals surface area contributed by atoms with Crippen molar-refractivity contribution in [1.82, 2.24) is 5.32 Å². The first-order chi connectivity index (χ1) is 14.5. The molecule has 164 valence electrons. The van der Waals surface area contributed by atoms with Gasteiger partial charge in [0.25, 0.3) is 0 Å². The highest BCUT2D eigenvalue weighted by Gasteiger charge is 2.15. The Hall–Kier alpha value is -1.84. The molecule has 0 heterocycles. The number of benzene rings is 2. The fourth-order valence-corrected chi connectivity index (χ4v) is 4.43. The molecule has 0 bridgehead atoms. The average molecular weight is 410 g/mol. The molecule has 1 N–H and O–H groups in total. The van der Waals surface area contributed by atoms with Crippen molar-refractivity contribution in [3.63, 3.8) is 0 Å². The predicted octanol–water partition coefficient (Wildman–Crippen LogP) is 6.98. The van der Waals surface area contributed by atoms with Crippen molar-refractivity contribution in [2.45, 2.75) is 84.2 Å². The van der Waals surface area contributed by atoms with Gasteiger partial charge >= 0.3 is 0 Å². The molecular weight excluding hydrogens is 370 g/mol. The topological polar surface area (TPSA) is 30.5 Å². The summed E-state index contributed by atoms with van der Waals surface area (Å²) in [7, 11) is 2.02. The number of rotatable bonds is 10. The van der Waals surface area contributed by atoms with E-state index in [-0.39, 0.29) is 6.29 Å². The average Bonchev–Trinajstić information content (AvgIpc) is 2.77. The lowest BCUT2D eigenvalue weighted by Crippen LogP contribution is -2.18. The molecule has 0 aliphatic heterocycles. The van der Waals surface area contributed by atoms with Crippen LogP contribution in [-0.2, 0) is 11.3 Å². The third kappa shape index (κ3) is 6.85. The Morgan fingerprint density at radius 3 is 2.17 bits per heavy atom. The van der Waals surface area contributed by atoms with Crippen LogP contribution in [0.3, 0.4) is 0 Å². The maximum atomic E-state index is 5.96. The molecule has 0 aromatic heterocycles. The summed E-state index contributed by atoms with van der Waals surface area (Å²) in [5.74, 6) is 2.25. The summed E-state index contributed by atoms with van der Waals surface area (Å²) >= 11 is 0. The van der Waals surface area contributed by atoms with Crippen molar-refractivity contribution in [1.29, 1.82) is 0 Å². The van der Waals surface area contributed by atoms with Crippen molar-refractivity contribution in [3.05, 3.63) is 65.2 Å². The van der Waals surface area contributed by atoms with Crippen LogP contribution in [0.25, 0.3) is 0 Å². The van der Waals surface area contributed by atoms with Crippen LogP contribution >= 0.6 is 0 Å². The van der Waals surface area contributed by atoms with E-state index in [0.29, 0.717) is 18.6 Å². The first-order valence-electron chi connectivity index (χ1n) is 11.7. The minimum absolute atomic E-state index is 0.287. The summed E-state index contributed by atoms with van der Waals surface area (Å²) in [4.78, 5) is 0. The lowest BCUT2D eigenvalue weighted by Gasteiger charge is -2.22. The maximum Gasteiger partial charge on any atom is 0.197 e. The van der Waals surface area contributed by atoms with E-state index in [4.69, 9.17) is 9.47 Å². The molecule has 0 saturated heterocycles. The highest BCUT2D eigenvalue weighted by atomic mass is 16.7. The van der Waals surface area contributed by atoms with Gasteiger partial charge in [-0.2, -0.15) is 0 Å². The third-order valence-electron chi connectivity index (χ3n) is 6.18. The molecule has 3 nitrogen and oxygen atoms in total. The largest absolute Gasteiger partial charge is 0.465 e. The van der Waals surface area contributed by atoms with Crippen molar-refractivity contribution < 1.29 is 9.47 Å². The molecule has 1 saturated carbocycles. The monoisotopic (exact) mass is 409 g/mol. The summed E-state index contributed by atoms with van der Waals surface area (Å²) in [6.45, 7) is 7.04. The molecule has 2 atom stereocenters. The van der Waals surface area contributed by atoms with Gasteiger partial charge in [-0.1, -0.05) is 69.5 Å². The fourth-order valence-electron chi connectivity index (χ4n) is 4.43. The van der Waals surface area contributed by atoms with Gasteiger partial charge in [-0.15, -0.1) is 0 Å². The van der Waals surface area contributed by atoms with E-state index in [1.807, 2.05) is 26.1 Å². The molecule has 0 spiro atoms. The Kier molecular flexibility index (Phi) is 8.77. The molecule has 1 aliphatic rings. The number of ether oxygens (including phenoxy) is 2. The van der Waals surface area contributed by atoms with Gasteiger partial charge in [0.05, 0.1) is 6.61 Å². The number of hydrogen-bond donors (Lipinski definition) is 1. The highest BCUT2D eigenvalue weighted by Crippen LogP contribution is 2.32. The molecule has 2 unspecified atom stereocenters. The quantitative estimate of drug-likeness (QED) is 0.429. The molecule has 2 aromatic carbocycles. The van der Waals surface area contributed by atoms with Crippen molar-refractivity contribution in [3.8, 4) is 5.75 Å². The first-order valence-corrected chi connectivity index (χ1v) is 11.7. The van der Waals surface area contributed by atoms with E-state index in [1.54, 1.807) is 0 Å². The second kappa shape index (κ2) is 11.5. The van der Waals surface area contributed by atoms with Gasteiger partial charge in [0.1, 0.15) is 5.75 Å². The van der Waals surface area contributed by atoms with Gasteiger partial charge in [-0.25, -0.2) is 0 Å². The van der Waals surface area contributed by atoms with Crippen LogP contribution in [0.15, 0.2) is 48.5 Å². The van der Waals surface area contributed by atoms with Crippen LogP contribution in [0.5, 0.6) is 5.75 Å². The highest BCUT2D eigenvalue weighted by molar-refractivity contribution is 5.29. The Morgan fingerprint density at radius 2 is 1.57 bits per heavy atom. The molecular formula is C27H39NO2. The molecule has 3 rings (SSSR count). The fraction of sp³-hybridized carbons (Fsp3) is 0.556. The molecule has 2 aromatic rings. The van der Waals surface area contributed by atoms with Crippen molar-refractivity contribution >= 4 is 0 Å². The van der Waals surface area contributed by atoms with E-state index < -0.39 is 0 Å². The lowest BCUT2D eigenvalue weighted by atomic mass is 9.84. The van der Waals surface area contributed by atoms with Crippen LogP contribution in [0.2, 0.25) is 0 Å².